The average molecular weight is 470 g/mol. The number of hydrogen-bond donors (Lipinski definition) is 2. The number of anilines is 1. The van der Waals surface area contributed by atoms with Crippen LogP contribution in [0.1, 0.15) is 38.4 Å². The number of methoxy groups -OCH3 is 1. The highest BCUT2D eigenvalue weighted by atomic mass is 16.5. The number of carbonyl (C=O) groups is 3. The first kappa shape index (κ1) is 22.3. The maximum atomic E-state index is 13.4. The Bertz CT molecular complexity index is 1310. The van der Waals surface area contributed by atoms with Crippen LogP contribution in [-0.2, 0) is 4.79 Å². The molecule has 35 heavy (non-hydrogen) atoms. The summed E-state index contributed by atoms with van der Waals surface area (Å²) in [6.45, 7) is 0.355. The standard InChI is InChI=1S/C26H23N5O4/c1-35-18-7-4-16(5-8-18)2-3-17-6-9-20-19(14-17)26(34)31-13-10-21(23(31)25(33)29-20)30-24(32)22-15-27-11-12-28-22/h2-9,11-12,14-15,21,23H,10,13H2,1H3,(H,29,33)(H,30,32)/b3-2+/t21-,23-/m0/s1. The number of rotatable bonds is 5. The van der Waals surface area contributed by atoms with Crippen molar-refractivity contribution < 1.29 is 19.1 Å². The van der Waals surface area contributed by atoms with E-state index in [1.807, 2.05) is 42.5 Å². The van der Waals surface area contributed by atoms with Gasteiger partial charge in [0.1, 0.15) is 17.5 Å². The predicted molar refractivity (Wildman–Crippen MR) is 130 cm³/mol. The van der Waals surface area contributed by atoms with Crippen molar-refractivity contribution in [1.82, 2.24) is 20.2 Å². The molecule has 2 aliphatic heterocycles. The molecule has 0 bridgehead atoms. The molecule has 0 radical (unpaired) electrons. The SMILES string of the molecule is COc1ccc(/C=C/c2ccc3c(c2)C(=O)N2CC[C@H](NC(=O)c4cnccn4)[C@H]2C(=O)N3)cc1. The molecule has 0 spiro atoms. The first-order valence-corrected chi connectivity index (χ1v) is 11.2. The minimum absolute atomic E-state index is 0.155. The Morgan fingerprint density at radius 3 is 2.63 bits per heavy atom. The normalized spacial score (nSPS) is 19.1. The summed E-state index contributed by atoms with van der Waals surface area (Å²) in [6, 6.07) is 11.6. The summed E-state index contributed by atoms with van der Waals surface area (Å²) < 4.78 is 5.18. The van der Waals surface area contributed by atoms with E-state index in [0.29, 0.717) is 24.2 Å². The first-order chi connectivity index (χ1) is 17.0. The van der Waals surface area contributed by atoms with E-state index in [-0.39, 0.29) is 17.5 Å². The summed E-state index contributed by atoms with van der Waals surface area (Å²) in [5.41, 5.74) is 2.84. The Labute approximate surface area is 201 Å². The topological polar surface area (TPSA) is 114 Å². The highest BCUT2D eigenvalue weighted by Crippen LogP contribution is 2.30. The van der Waals surface area contributed by atoms with Crippen LogP contribution in [0.5, 0.6) is 5.75 Å². The van der Waals surface area contributed by atoms with Gasteiger partial charge in [0.2, 0.25) is 5.91 Å². The monoisotopic (exact) mass is 469 g/mol. The largest absolute Gasteiger partial charge is 0.497 e. The zero-order chi connectivity index (χ0) is 24.4. The Kier molecular flexibility index (Phi) is 5.97. The van der Waals surface area contributed by atoms with Gasteiger partial charge < -0.3 is 20.3 Å². The van der Waals surface area contributed by atoms with Crippen LogP contribution in [-0.4, -0.2) is 58.3 Å². The molecule has 0 unspecified atom stereocenters. The zero-order valence-corrected chi connectivity index (χ0v) is 19.0. The zero-order valence-electron chi connectivity index (χ0n) is 19.0. The lowest BCUT2D eigenvalue weighted by atomic mass is 10.1. The van der Waals surface area contributed by atoms with E-state index in [2.05, 4.69) is 20.6 Å². The minimum Gasteiger partial charge on any atom is -0.497 e. The van der Waals surface area contributed by atoms with Gasteiger partial charge in [0.25, 0.3) is 11.8 Å². The molecule has 9 nitrogen and oxygen atoms in total. The molecule has 9 heteroatoms. The molecule has 5 rings (SSSR count). The number of aromatic nitrogens is 2. The molecule has 2 aromatic carbocycles. The van der Waals surface area contributed by atoms with Gasteiger partial charge in [-0.1, -0.05) is 30.4 Å². The predicted octanol–water partition coefficient (Wildman–Crippen LogP) is 2.62. The number of benzene rings is 2. The van der Waals surface area contributed by atoms with Gasteiger partial charge in [0.05, 0.1) is 30.6 Å². The summed E-state index contributed by atoms with van der Waals surface area (Å²) in [7, 11) is 1.62. The van der Waals surface area contributed by atoms with Crippen molar-refractivity contribution in [3.05, 3.63) is 83.4 Å². The fourth-order valence-electron chi connectivity index (χ4n) is 4.37. The van der Waals surface area contributed by atoms with Crippen LogP contribution < -0.4 is 15.4 Å². The number of nitrogens with one attached hydrogen (secondary N) is 2. The van der Waals surface area contributed by atoms with Crippen molar-refractivity contribution in [1.29, 1.82) is 0 Å². The molecule has 3 heterocycles. The fraction of sp³-hybridized carbons (Fsp3) is 0.192. The minimum atomic E-state index is -0.811. The van der Waals surface area contributed by atoms with Crippen LogP contribution in [0, 0.1) is 0 Å². The van der Waals surface area contributed by atoms with Crippen LogP contribution in [0.3, 0.4) is 0 Å². The summed E-state index contributed by atoms with van der Waals surface area (Å²) in [5.74, 6) is -0.238. The Morgan fingerprint density at radius 2 is 1.89 bits per heavy atom. The van der Waals surface area contributed by atoms with Crippen LogP contribution in [0.2, 0.25) is 0 Å². The molecule has 176 valence electrons. The van der Waals surface area contributed by atoms with Crippen LogP contribution in [0.4, 0.5) is 5.69 Å². The van der Waals surface area contributed by atoms with Crippen LogP contribution in [0.25, 0.3) is 12.2 Å². The highest BCUT2D eigenvalue weighted by molar-refractivity contribution is 6.11. The van der Waals surface area contributed by atoms with Crippen molar-refractivity contribution in [2.24, 2.45) is 0 Å². The second-order valence-electron chi connectivity index (χ2n) is 8.30. The molecular formula is C26H23N5O4. The van der Waals surface area contributed by atoms with Crippen LogP contribution in [0.15, 0.2) is 61.1 Å². The van der Waals surface area contributed by atoms with E-state index in [1.54, 1.807) is 19.2 Å². The number of fused-ring (bicyclic) bond motifs is 2. The lowest BCUT2D eigenvalue weighted by Gasteiger charge is -2.24. The third-order valence-electron chi connectivity index (χ3n) is 6.16. The maximum Gasteiger partial charge on any atom is 0.271 e. The van der Waals surface area contributed by atoms with Crippen LogP contribution >= 0.6 is 0 Å². The quantitative estimate of drug-likeness (QED) is 0.556. The van der Waals surface area contributed by atoms with E-state index >= 15 is 0 Å². The Hall–Kier alpha value is -4.53. The average Bonchev–Trinajstić information content (AvgIpc) is 3.27. The molecule has 0 aliphatic carbocycles. The van der Waals surface area contributed by atoms with Gasteiger partial charge >= 0.3 is 0 Å². The maximum absolute atomic E-state index is 13.4. The molecular weight excluding hydrogens is 446 g/mol. The molecule has 3 amide bonds. The summed E-state index contributed by atoms with van der Waals surface area (Å²) in [5, 5.41) is 5.70. The number of nitrogens with zero attached hydrogens (tertiary/aromatic N) is 3. The lowest BCUT2D eigenvalue weighted by molar-refractivity contribution is -0.120. The van der Waals surface area contributed by atoms with Gasteiger partial charge in [-0.15, -0.1) is 0 Å². The van der Waals surface area contributed by atoms with Gasteiger partial charge in [-0.3, -0.25) is 19.4 Å². The molecule has 1 saturated heterocycles. The molecule has 2 atom stereocenters. The van der Waals surface area contributed by atoms with Crippen molar-refractivity contribution in [3.63, 3.8) is 0 Å². The summed E-state index contributed by atoms with van der Waals surface area (Å²) >= 11 is 0. The molecule has 2 aliphatic rings. The second kappa shape index (κ2) is 9.38. The number of carbonyl (C=O) groups excluding carboxylic acids is 3. The summed E-state index contributed by atoms with van der Waals surface area (Å²) in [4.78, 5) is 48.5. The molecule has 3 aromatic rings. The van der Waals surface area contributed by atoms with E-state index in [9.17, 15) is 14.4 Å². The van der Waals surface area contributed by atoms with Gasteiger partial charge in [-0.05, 0) is 41.8 Å². The molecule has 1 fully saturated rings. The second-order valence-corrected chi connectivity index (χ2v) is 8.30. The lowest BCUT2D eigenvalue weighted by Crippen LogP contribution is -2.51. The number of ether oxygens (including phenoxy) is 1. The van der Waals surface area contributed by atoms with Gasteiger partial charge in [0.15, 0.2) is 0 Å². The van der Waals surface area contributed by atoms with E-state index in [0.717, 1.165) is 16.9 Å². The van der Waals surface area contributed by atoms with Crippen molar-refractivity contribution >= 4 is 35.6 Å². The third kappa shape index (κ3) is 4.48. The molecule has 0 saturated carbocycles. The van der Waals surface area contributed by atoms with Gasteiger partial charge in [0, 0.05) is 18.9 Å². The smallest absolute Gasteiger partial charge is 0.271 e. The molecule has 2 N–H and O–H groups in total. The molecule has 1 aromatic heterocycles. The van der Waals surface area contributed by atoms with Crippen molar-refractivity contribution in [3.8, 4) is 5.75 Å². The van der Waals surface area contributed by atoms with E-state index in [4.69, 9.17) is 4.74 Å². The van der Waals surface area contributed by atoms with Gasteiger partial charge in [-0.2, -0.15) is 0 Å². The van der Waals surface area contributed by atoms with Crippen molar-refractivity contribution in [2.45, 2.75) is 18.5 Å². The fourth-order valence-corrected chi connectivity index (χ4v) is 4.37. The summed E-state index contributed by atoms with van der Waals surface area (Å²) in [6.07, 6.45) is 8.57. The number of hydrogen-bond acceptors (Lipinski definition) is 6. The van der Waals surface area contributed by atoms with E-state index in [1.165, 1.54) is 23.5 Å². The van der Waals surface area contributed by atoms with Crippen molar-refractivity contribution in [2.75, 3.05) is 19.0 Å². The first-order valence-electron chi connectivity index (χ1n) is 11.2. The highest BCUT2D eigenvalue weighted by Gasteiger charge is 2.45. The van der Waals surface area contributed by atoms with E-state index < -0.39 is 18.0 Å². The number of amides is 3. The third-order valence-corrected chi connectivity index (χ3v) is 6.16. The Morgan fingerprint density at radius 1 is 1.11 bits per heavy atom. The van der Waals surface area contributed by atoms with Gasteiger partial charge in [-0.25, -0.2) is 4.98 Å². The Balaban J connectivity index is 1.36.